The van der Waals surface area contributed by atoms with Crippen LogP contribution in [0.2, 0.25) is 0 Å². The molecular weight excluding hydrogens is 352 g/mol. The Bertz CT molecular complexity index is 1040. The van der Waals surface area contributed by atoms with Gasteiger partial charge in [0.2, 0.25) is 0 Å². The molecule has 2 aliphatic rings. The van der Waals surface area contributed by atoms with Crippen molar-refractivity contribution in [2.24, 2.45) is 11.8 Å². The van der Waals surface area contributed by atoms with Gasteiger partial charge in [0.05, 0.1) is 19.0 Å². The van der Waals surface area contributed by atoms with Crippen LogP contribution < -0.4 is 10.1 Å². The normalized spacial score (nSPS) is 16.5. The maximum absolute atomic E-state index is 13.0. The summed E-state index contributed by atoms with van der Waals surface area (Å²) in [5, 5.41) is 8.00. The minimum atomic E-state index is -0.0778. The van der Waals surface area contributed by atoms with Gasteiger partial charge in [0.1, 0.15) is 5.75 Å². The number of amides is 1. The number of aromatic nitrogens is 3. The number of carbonyl (C=O) groups is 1. The number of nitrogens with one attached hydrogen (secondary N) is 1. The third-order valence-electron chi connectivity index (χ3n) is 5.81. The standard InChI is InChI=1S/C22H24N4O2/c1-13-10-18(16-4-3-5-17(11-16)28-2)25-26-19(12-23-21(13)26)22(27)24-20(14-6-7-14)15-8-9-15/h3-5,10-12,14-15,20H,6-9H2,1-2H3,(H,24,27). The molecule has 2 aliphatic carbocycles. The number of benzene rings is 1. The number of hydrogen-bond acceptors (Lipinski definition) is 4. The molecule has 6 nitrogen and oxygen atoms in total. The van der Waals surface area contributed by atoms with E-state index in [2.05, 4.69) is 10.3 Å². The Balaban J connectivity index is 1.51. The van der Waals surface area contributed by atoms with Crippen LogP contribution in [0.25, 0.3) is 16.9 Å². The molecule has 0 unspecified atom stereocenters. The highest BCUT2D eigenvalue weighted by atomic mass is 16.5. The average Bonchev–Trinajstić information content (AvgIpc) is 3.63. The number of nitrogens with zero attached hydrogens (tertiary/aromatic N) is 3. The number of aryl methyl sites for hydroxylation is 1. The molecule has 0 spiro atoms. The predicted molar refractivity (Wildman–Crippen MR) is 106 cm³/mol. The fraction of sp³-hybridized carbons (Fsp3) is 0.409. The van der Waals surface area contributed by atoms with Crippen LogP contribution in [0.4, 0.5) is 0 Å². The molecule has 1 amide bonds. The fourth-order valence-electron chi connectivity index (χ4n) is 3.96. The number of fused-ring (bicyclic) bond motifs is 1. The molecular formula is C22H24N4O2. The summed E-state index contributed by atoms with van der Waals surface area (Å²) in [6, 6.07) is 10.1. The molecule has 0 saturated heterocycles. The van der Waals surface area contributed by atoms with Crippen molar-refractivity contribution >= 4 is 11.6 Å². The van der Waals surface area contributed by atoms with E-state index in [-0.39, 0.29) is 5.91 Å². The first-order chi connectivity index (χ1) is 13.6. The van der Waals surface area contributed by atoms with Crippen LogP contribution in [0.3, 0.4) is 0 Å². The summed E-state index contributed by atoms with van der Waals surface area (Å²) >= 11 is 0. The zero-order valence-electron chi connectivity index (χ0n) is 16.2. The number of imidazole rings is 1. The third kappa shape index (κ3) is 3.13. The summed E-state index contributed by atoms with van der Waals surface area (Å²) in [6.45, 7) is 1.99. The molecule has 1 aromatic carbocycles. The van der Waals surface area contributed by atoms with Gasteiger partial charge in [-0.1, -0.05) is 12.1 Å². The highest BCUT2D eigenvalue weighted by molar-refractivity contribution is 5.93. The molecule has 0 radical (unpaired) electrons. The lowest BCUT2D eigenvalue weighted by molar-refractivity contribution is 0.0919. The molecule has 3 aromatic rings. The van der Waals surface area contributed by atoms with Crippen LogP contribution in [-0.2, 0) is 0 Å². The van der Waals surface area contributed by atoms with Crippen molar-refractivity contribution in [1.82, 2.24) is 19.9 Å². The van der Waals surface area contributed by atoms with Gasteiger partial charge in [-0.25, -0.2) is 9.50 Å². The number of carbonyl (C=O) groups excluding carboxylic acids is 1. The van der Waals surface area contributed by atoms with E-state index in [1.54, 1.807) is 17.8 Å². The van der Waals surface area contributed by atoms with E-state index < -0.39 is 0 Å². The quantitative estimate of drug-likeness (QED) is 0.713. The Morgan fingerprint density at radius 2 is 1.96 bits per heavy atom. The minimum absolute atomic E-state index is 0.0778. The maximum Gasteiger partial charge on any atom is 0.271 e. The monoisotopic (exact) mass is 376 g/mol. The Kier molecular flexibility index (Phi) is 4.07. The summed E-state index contributed by atoms with van der Waals surface area (Å²) in [5.41, 5.74) is 3.92. The molecule has 2 aromatic heterocycles. The van der Waals surface area contributed by atoms with E-state index in [4.69, 9.17) is 9.84 Å². The van der Waals surface area contributed by atoms with E-state index in [0.717, 1.165) is 22.6 Å². The lowest BCUT2D eigenvalue weighted by Crippen LogP contribution is -2.38. The van der Waals surface area contributed by atoms with Crippen LogP contribution in [0.1, 0.15) is 41.7 Å². The van der Waals surface area contributed by atoms with Gasteiger partial charge in [-0.05, 0) is 68.2 Å². The molecule has 2 heterocycles. The van der Waals surface area contributed by atoms with Crippen molar-refractivity contribution in [2.45, 2.75) is 38.6 Å². The van der Waals surface area contributed by atoms with Crippen LogP contribution in [0, 0.1) is 18.8 Å². The van der Waals surface area contributed by atoms with Gasteiger partial charge in [0.25, 0.3) is 5.91 Å². The summed E-state index contributed by atoms with van der Waals surface area (Å²) in [6.07, 6.45) is 6.55. The van der Waals surface area contributed by atoms with Crippen LogP contribution in [0.5, 0.6) is 5.75 Å². The van der Waals surface area contributed by atoms with Crippen LogP contribution >= 0.6 is 0 Å². The molecule has 1 N–H and O–H groups in total. The zero-order chi connectivity index (χ0) is 19.3. The molecule has 0 bridgehead atoms. The molecule has 144 valence electrons. The molecule has 0 aliphatic heterocycles. The van der Waals surface area contributed by atoms with Gasteiger partial charge in [-0.3, -0.25) is 4.79 Å². The second-order valence-electron chi connectivity index (χ2n) is 8.00. The highest BCUT2D eigenvalue weighted by Crippen LogP contribution is 2.44. The van der Waals surface area contributed by atoms with E-state index in [1.807, 2.05) is 37.3 Å². The van der Waals surface area contributed by atoms with Crippen molar-refractivity contribution < 1.29 is 9.53 Å². The minimum Gasteiger partial charge on any atom is -0.497 e. The Morgan fingerprint density at radius 1 is 1.21 bits per heavy atom. The van der Waals surface area contributed by atoms with Gasteiger partial charge < -0.3 is 10.1 Å². The second kappa shape index (κ2) is 6.62. The number of hydrogen-bond donors (Lipinski definition) is 1. The van der Waals surface area contributed by atoms with Crippen molar-refractivity contribution in [3.05, 3.63) is 47.8 Å². The van der Waals surface area contributed by atoms with Crippen molar-refractivity contribution in [3.8, 4) is 17.0 Å². The van der Waals surface area contributed by atoms with Gasteiger partial charge in [-0.15, -0.1) is 0 Å². The largest absolute Gasteiger partial charge is 0.497 e. The third-order valence-corrected chi connectivity index (χ3v) is 5.81. The van der Waals surface area contributed by atoms with Gasteiger partial charge in [-0.2, -0.15) is 5.10 Å². The average molecular weight is 376 g/mol. The lowest BCUT2D eigenvalue weighted by Gasteiger charge is -2.17. The van der Waals surface area contributed by atoms with Gasteiger partial charge >= 0.3 is 0 Å². The molecule has 5 rings (SSSR count). The van der Waals surface area contributed by atoms with Crippen molar-refractivity contribution in [3.63, 3.8) is 0 Å². The Labute approximate surface area is 163 Å². The van der Waals surface area contributed by atoms with Gasteiger partial charge in [0.15, 0.2) is 11.3 Å². The second-order valence-corrected chi connectivity index (χ2v) is 8.00. The van der Waals surface area contributed by atoms with E-state index in [0.29, 0.717) is 29.2 Å². The molecule has 2 saturated carbocycles. The first-order valence-electron chi connectivity index (χ1n) is 9.94. The number of ether oxygens (including phenoxy) is 1. The molecule has 0 atom stereocenters. The molecule has 28 heavy (non-hydrogen) atoms. The van der Waals surface area contributed by atoms with Crippen molar-refractivity contribution in [2.75, 3.05) is 7.11 Å². The first-order valence-corrected chi connectivity index (χ1v) is 9.94. The number of rotatable bonds is 6. The van der Waals surface area contributed by atoms with Crippen LogP contribution in [0.15, 0.2) is 36.5 Å². The smallest absolute Gasteiger partial charge is 0.271 e. The first kappa shape index (κ1) is 17.2. The summed E-state index contributed by atoms with van der Waals surface area (Å²) < 4.78 is 7.01. The Morgan fingerprint density at radius 3 is 2.64 bits per heavy atom. The zero-order valence-corrected chi connectivity index (χ0v) is 16.2. The lowest BCUT2D eigenvalue weighted by atomic mass is 10.1. The SMILES string of the molecule is COc1cccc(-c2cc(C)c3ncc(C(=O)NC(C4CC4)C4CC4)n3n2)c1. The predicted octanol–water partition coefficient (Wildman–Crippen LogP) is 3.63. The summed E-state index contributed by atoms with van der Waals surface area (Å²) in [4.78, 5) is 17.5. The molecule has 2 fully saturated rings. The fourth-order valence-corrected chi connectivity index (χ4v) is 3.96. The highest BCUT2D eigenvalue weighted by Gasteiger charge is 2.42. The van der Waals surface area contributed by atoms with E-state index in [9.17, 15) is 4.79 Å². The Hall–Kier alpha value is -2.89. The molecule has 6 heteroatoms. The van der Waals surface area contributed by atoms with Crippen molar-refractivity contribution in [1.29, 1.82) is 0 Å². The van der Waals surface area contributed by atoms with E-state index >= 15 is 0 Å². The van der Waals surface area contributed by atoms with Crippen LogP contribution in [-0.4, -0.2) is 33.7 Å². The maximum atomic E-state index is 13.0. The summed E-state index contributed by atoms with van der Waals surface area (Å²) in [7, 11) is 1.65. The van der Waals surface area contributed by atoms with Gasteiger partial charge in [0, 0.05) is 11.6 Å². The van der Waals surface area contributed by atoms with E-state index in [1.165, 1.54) is 25.7 Å². The number of methoxy groups -OCH3 is 1. The summed E-state index contributed by atoms with van der Waals surface area (Å²) in [5.74, 6) is 2.00. The topological polar surface area (TPSA) is 68.5 Å².